The van der Waals surface area contributed by atoms with Gasteiger partial charge in [0.05, 0.1) is 0 Å². The highest BCUT2D eigenvalue weighted by atomic mass is 15.0. The SMILES string of the molecule is CC[C@@](C)(N)Cc1nccn1C. The molecule has 1 heterocycles. The van der Waals surface area contributed by atoms with Crippen LogP contribution in [0.3, 0.4) is 0 Å². The maximum Gasteiger partial charge on any atom is 0.110 e. The maximum absolute atomic E-state index is 6.02. The van der Waals surface area contributed by atoms with Crippen molar-refractivity contribution in [3.63, 3.8) is 0 Å². The third-order valence-corrected chi connectivity index (χ3v) is 2.29. The summed E-state index contributed by atoms with van der Waals surface area (Å²) in [5, 5.41) is 0. The van der Waals surface area contributed by atoms with Crippen molar-refractivity contribution in [3.05, 3.63) is 18.2 Å². The Morgan fingerprint density at radius 1 is 1.67 bits per heavy atom. The van der Waals surface area contributed by atoms with Crippen LogP contribution < -0.4 is 5.73 Å². The van der Waals surface area contributed by atoms with Crippen LogP contribution in [-0.4, -0.2) is 15.1 Å². The van der Waals surface area contributed by atoms with E-state index in [1.165, 1.54) is 0 Å². The van der Waals surface area contributed by atoms with Gasteiger partial charge in [-0.05, 0) is 13.3 Å². The van der Waals surface area contributed by atoms with E-state index in [9.17, 15) is 0 Å². The normalized spacial score (nSPS) is 16.0. The lowest BCUT2D eigenvalue weighted by molar-refractivity contribution is 0.434. The molecule has 1 atom stereocenters. The number of nitrogens with two attached hydrogens (primary N) is 1. The van der Waals surface area contributed by atoms with Crippen LogP contribution >= 0.6 is 0 Å². The monoisotopic (exact) mass is 167 g/mol. The quantitative estimate of drug-likeness (QED) is 0.732. The molecule has 0 aliphatic heterocycles. The Balaban J connectivity index is 2.70. The summed E-state index contributed by atoms with van der Waals surface area (Å²) in [4.78, 5) is 4.23. The molecule has 1 rings (SSSR count). The first kappa shape index (κ1) is 9.26. The molecule has 1 aromatic rings. The average Bonchev–Trinajstić information content (AvgIpc) is 2.36. The maximum atomic E-state index is 6.02. The topological polar surface area (TPSA) is 43.8 Å². The van der Waals surface area contributed by atoms with Crippen LogP contribution in [0.4, 0.5) is 0 Å². The van der Waals surface area contributed by atoms with Crippen molar-refractivity contribution >= 4 is 0 Å². The lowest BCUT2D eigenvalue weighted by Gasteiger charge is -2.21. The molecular formula is C9H17N3. The Morgan fingerprint density at radius 3 is 2.75 bits per heavy atom. The summed E-state index contributed by atoms with van der Waals surface area (Å²) in [5.74, 6) is 1.06. The molecular weight excluding hydrogens is 150 g/mol. The van der Waals surface area contributed by atoms with Gasteiger partial charge in [-0.25, -0.2) is 4.98 Å². The third kappa shape index (κ3) is 2.08. The first-order chi connectivity index (χ1) is 5.55. The van der Waals surface area contributed by atoms with Gasteiger partial charge in [0.25, 0.3) is 0 Å². The van der Waals surface area contributed by atoms with Crippen molar-refractivity contribution in [2.24, 2.45) is 12.8 Å². The molecule has 0 radical (unpaired) electrons. The minimum atomic E-state index is -0.126. The fraction of sp³-hybridized carbons (Fsp3) is 0.667. The second-order valence-corrected chi connectivity index (χ2v) is 3.64. The predicted octanol–water partition coefficient (Wildman–Crippen LogP) is 1.09. The highest BCUT2D eigenvalue weighted by Gasteiger charge is 2.18. The standard InChI is InChI=1S/C9H17N3/c1-4-9(2,10)7-8-11-5-6-12(8)3/h5-6H,4,7,10H2,1-3H3/t9-/m1/s1. The summed E-state index contributed by atoms with van der Waals surface area (Å²) in [6.45, 7) is 4.16. The number of imidazole rings is 1. The lowest BCUT2D eigenvalue weighted by Crippen LogP contribution is -2.38. The minimum Gasteiger partial charge on any atom is -0.338 e. The van der Waals surface area contributed by atoms with Gasteiger partial charge >= 0.3 is 0 Å². The summed E-state index contributed by atoms with van der Waals surface area (Å²) in [5.41, 5.74) is 5.90. The zero-order valence-corrected chi connectivity index (χ0v) is 8.04. The second-order valence-electron chi connectivity index (χ2n) is 3.64. The Bertz CT molecular complexity index is 250. The Morgan fingerprint density at radius 2 is 2.33 bits per heavy atom. The molecule has 3 heteroatoms. The zero-order chi connectivity index (χ0) is 9.19. The average molecular weight is 167 g/mol. The Hall–Kier alpha value is -0.830. The summed E-state index contributed by atoms with van der Waals surface area (Å²) in [6, 6.07) is 0. The van der Waals surface area contributed by atoms with Crippen molar-refractivity contribution < 1.29 is 0 Å². The molecule has 0 spiro atoms. The molecule has 0 saturated heterocycles. The van der Waals surface area contributed by atoms with E-state index in [1.807, 2.05) is 17.8 Å². The van der Waals surface area contributed by atoms with Crippen LogP contribution in [0.1, 0.15) is 26.1 Å². The summed E-state index contributed by atoms with van der Waals surface area (Å²) >= 11 is 0. The number of hydrogen-bond donors (Lipinski definition) is 1. The fourth-order valence-electron chi connectivity index (χ4n) is 1.05. The molecule has 68 valence electrons. The van der Waals surface area contributed by atoms with E-state index in [1.54, 1.807) is 6.20 Å². The van der Waals surface area contributed by atoms with Crippen molar-refractivity contribution in [1.29, 1.82) is 0 Å². The number of aromatic nitrogens is 2. The first-order valence-corrected chi connectivity index (χ1v) is 4.30. The second kappa shape index (κ2) is 3.27. The van der Waals surface area contributed by atoms with E-state index in [-0.39, 0.29) is 5.54 Å². The predicted molar refractivity (Wildman–Crippen MR) is 49.8 cm³/mol. The highest BCUT2D eigenvalue weighted by molar-refractivity contribution is 4.98. The van der Waals surface area contributed by atoms with Gasteiger partial charge in [-0.1, -0.05) is 6.92 Å². The Labute approximate surface area is 73.6 Å². The molecule has 0 aliphatic rings. The minimum absolute atomic E-state index is 0.126. The lowest BCUT2D eigenvalue weighted by atomic mass is 9.96. The van der Waals surface area contributed by atoms with Crippen molar-refractivity contribution in [1.82, 2.24) is 9.55 Å². The molecule has 0 bridgehead atoms. The smallest absolute Gasteiger partial charge is 0.110 e. The van der Waals surface area contributed by atoms with Crippen LogP contribution in [0, 0.1) is 0 Å². The van der Waals surface area contributed by atoms with Gasteiger partial charge in [-0.3, -0.25) is 0 Å². The number of hydrogen-bond acceptors (Lipinski definition) is 2. The fourth-order valence-corrected chi connectivity index (χ4v) is 1.05. The van der Waals surface area contributed by atoms with Gasteiger partial charge in [0.2, 0.25) is 0 Å². The van der Waals surface area contributed by atoms with E-state index in [4.69, 9.17) is 5.73 Å². The first-order valence-electron chi connectivity index (χ1n) is 4.30. The van der Waals surface area contributed by atoms with Gasteiger partial charge < -0.3 is 10.3 Å². The van der Waals surface area contributed by atoms with Crippen LogP contribution in [0.25, 0.3) is 0 Å². The molecule has 1 aromatic heterocycles. The van der Waals surface area contributed by atoms with Gasteiger partial charge in [0.1, 0.15) is 5.82 Å². The van der Waals surface area contributed by atoms with Gasteiger partial charge in [-0.2, -0.15) is 0 Å². The summed E-state index contributed by atoms with van der Waals surface area (Å²) in [7, 11) is 1.99. The number of nitrogens with zero attached hydrogens (tertiary/aromatic N) is 2. The van der Waals surface area contributed by atoms with Crippen molar-refractivity contribution in [2.75, 3.05) is 0 Å². The molecule has 0 saturated carbocycles. The summed E-state index contributed by atoms with van der Waals surface area (Å²) < 4.78 is 2.01. The van der Waals surface area contributed by atoms with E-state index >= 15 is 0 Å². The molecule has 0 aliphatic carbocycles. The van der Waals surface area contributed by atoms with Gasteiger partial charge in [-0.15, -0.1) is 0 Å². The number of aryl methyl sites for hydroxylation is 1. The molecule has 3 nitrogen and oxygen atoms in total. The van der Waals surface area contributed by atoms with E-state index in [2.05, 4.69) is 18.8 Å². The van der Waals surface area contributed by atoms with Crippen LogP contribution in [0.2, 0.25) is 0 Å². The molecule has 0 fully saturated rings. The van der Waals surface area contributed by atoms with Crippen LogP contribution in [0.15, 0.2) is 12.4 Å². The molecule has 0 amide bonds. The summed E-state index contributed by atoms with van der Waals surface area (Å²) in [6.07, 6.45) is 5.56. The van der Waals surface area contributed by atoms with E-state index in [0.717, 1.165) is 18.7 Å². The number of rotatable bonds is 3. The van der Waals surface area contributed by atoms with Crippen LogP contribution in [-0.2, 0) is 13.5 Å². The molecule has 12 heavy (non-hydrogen) atoms. The highest BCUT2D eigenvalue weighted by Crippen LogP contribution is 2.11. The van der Waals surface area contributed by atoms with Crippen molar-refractivity contribution in [3.8, 4) is 0 Å². The molecule has 0 unspecified atom stereocenters. The van der Waals surface area contributed by atoms with E-state index < -0.39 is 0 Å². The van der Waals surface area contributed by atoms with Crippen LogP contribution in [0.5, 0.6) is 0 Å². The molecule has 2 N–H and O–H groups in total. The third-order valence-electron chi connectivity index (χ3n) is 2.29. The van der Waals surface area contributed by atoms with E-state index in [0.29, 0.717) is 0 Å². The largest absolute Gasteiger partial charge is 0.338 e. The molecule has 0 aromatic carbocycles. The van der Waals surface area contributed by atoms with Crippen molar-refractivity contribution in [2.45, 2.75) is 32.2 Å². The zero-order valence-electron chi connectivity index (χ0n) is 8.04. The van der Waals surface area contributed by atoms with Gasteiger partial charge in [0.15, 0.2) is 0 Å². The van der Waals surface area contributed by atoms with Gasteiger partial charge in [0, 0.05) is 31.4 Å². The Kier molecular flexibility index (Phi) is 2.52.